The largest absolute Gasteiger partial charge is 0.378 e. The van der Waals surface area contributed by atoms with E-state index in [9.17, 15) is 8.78 Å². The van der Waals surface area contributed by atoms with Crippen molar-refractivity contribution in [3.8, 4) is 0 Å². The summed E-state index contributed by atoms with van der Waals surface area (Å²) in [6.45, 7) is 2.77. The monoisotopic (exact) mass is 332 g/mol. The van der Waals surface area contributed by atoms with E-state index in [1.54, 1.807) is 12.1 Å². The molecule has 0 saturated heterocycles. The van der Waals surface area contributed by atoms with Gasteiger partial charge in [-0.3, -0.25) is 0 Å². The van der Waals surface area contributed by atoms with Crippen molar-refractivity contribution in [1.82, 2.24) is 0 Å². The van der Waals surface area contributed by atoms with Crippen molar-refractivity contribution in [1.29, 1.82) is 0 Å². The maximum Gasteiger partial charge on any atom is 0.162 e. The summed E-state index contributed by atoms with van der Waals surface area (Å²) in [6, 6.07) is 4.36. The van der Waals surface area contributed by atoms with Crippen LogP contribution in [0.5, 0.6) is 0 Å². The molecule has 2 rings (SSSR count). The summed E-state index contributed by atoms with van der Waals surface area (Å²) in [5.74, 6) is -0.845. The average molecular weight is 333 g/mol. The number of hydrogen-bond acceptors (Lipinski definition) is 1. The van der Waals surface area contributed by atoms with E-state index in [4.69, 9.17) is 4.74 Å². The van der Waals surface area contributed by atoms with Gasteiger partial charge in [-0.15, -0.1) is 0 Å². The summed E-state index contributed by atoms with van der Waals surface area (Å²) in [4.78, 5) is 0.191. The Balaban J connectivity index is 1.79. The highest BCUT2D eigenvalue weighted by Crippen LogP contribution is 2.35. The summed E-state index contributed by atoms with van der Waals surface area (Å²) in [5, 5.41) is 0. The van der Waals surface area contributed by atoms with Gasteiger partial charge in [-0.05, 0) is 50.2 Å². The first-order valence-electron chi connectivity index (χ1n) is 6.78. The molecule has 0 N–H and O–H groups in total. The lowest BCUT2D eigenvalue weighted by atomic mass is 9.79. The smallest absolute Gasteiger partial charge is 0.162 e. The molecule has 1 unspecified atom stereocenters. The van der Waals surface area contributed by atoms with E-state index in [-0.39, 0.29) is 4.83 Å². The number of ether oxygens (including phenoxy) is 1. The van der Waals surface area contributed by atoms with Crippen molar-refractivity contribution in [2.24, 2.45) is 5.92 Å². The molecular weight excluding hydrogens is 314 g/mol. The van der Waals surface area contributed by atoms with Gasteiger partial charge in [0.15, 0.2) is 11.6 Å². The standard InChI is InChI=1S/C15H19BrF2O/c1-2-19-13-7-10(8-13)6-12(16)9-11-4-3-5-14(17)15(11)18/h3-5,10,12-13H,2,6-9H2,1H3. The number of halogens is 3. The molecule has 0 heterocycles. The predicted molar refractivity (Wildman–Crippen MR) is 75.5 cm³/mol. The molecule has 0 aliphatic heterocycles. The van der Waals surface area contributed by atoms with E-state index in [2.05, 4.69) is 15.9 Å². The Bertz CT molecular complexity index is 419. The van der Waals surface area contributed by atoms with Crippen LogP contribution in [-0.2, 0) is 11.2 Å². The topological polar surface area (TPSA) is 9.23 Å². The SMILES string of the molecule is CCOC1CC(CC(Br)Cc2cccc(F)c2F)C1. The Hall–Kier alpha value is -0.480. The molecule has 0 aromatic heterocycles. The second-order valence-corrected chi connectivity index (χ2v) is 6.46. The fourth-order valence-corrected chi connectivity index (χ4v) is 3.51. The van der Waals surface area contributed by atoms with E-state index >= 15 is 0 Å². The van der Waals surface area contributed by atoms with Gasteiger partial charge in [0, 0.05) is 11.4 Å². The maximum absolute atomic E-state index is 13.5. The quantitative estimate of drug-likeness (QED) is 0.698. The third-order valence-electron chi connectivity index (χ3n) is 3.66. The molecule has 1 saturated carbocycles. The van der Waals surface area contributed by atoms with Crippen LogP contribution in [0.2, 0.25) is 0 Å². The van der Waals surface area contributed by atoms with Crippen LogP contribution in [0.25, 0.3) is 0 Å². The molecule has 1 aromatic carbocycles. The van der Waals surface area contributed by atoms with Crippen molar-refractivity contribution < 1.29 is 13.5 Å². The molecule has 4 heteroatoms. The summed E-state index contributed by atoms with van der Waals surface area (Å²) >= 11 is 3.58. The third-order valence-corrected chi connectivity index (χ3v) is 4.35. The summed E-state index contributed by atoms with van der Waals surface area (Å²) in [7, 11) is 0. The van der Waals surface area contributed by atoms with E-state index in [1.165, 1.54) is 0 Å². The molecule has 106 valence electrons. The Morgan fingerprint density at radius 3 is 2.79 bits per heavy atom. The zero-order chi connectivity index (χ0) is 13.8. The lowest BCUT2D eigenvalue weighted by Crippen LogP contribution is -2.33. The molecule has 1 aliphatic rings. The molecular formula is C15H19BrF2O. The van der Waals surface area contributed by atoms with Crippen molar-refractivity contribution in [3.63, 3.8) is 0 Å². The molecule has 1 nitrogen and oxygen atoms in total. The second-order valence-electron chi connectivity index (χ2n) is 5.16. The molecule has 19 heavy (non-hydrogen) atoms. The highest BCUT2D eigenvalue weighted by molar-refractivity contribution is 9.09. The number of benzene rings is 1. The minimum atomic E-state index is -0.766. The summed E-state index contributed by atoms with van der Waals surface area (Å²) in [6.07, 6.45) is 4.09. The van der Waals surface area contributed by atoms with Crippen LogP contribution in [-0.4, -0.2) is 17.5 Å². The van der Waals surface area contributed by atoms with Crippen molar-refractivity contribution in [3.05, 3.63) is 35.4 Å². The van der Waals surface area contributed by atoms with Crippen LogP contribution in [0.3, 0.4) is 0 Å². The Morgan fingerprint density at radius 1 is 1.37 bits per heavy atom. The van der Waals surface area contributed by atoms with Gasteiger partial charge in [-0.25, -0.2) is 8.78 Å². The normalized spacial score (nSPS) is 24.0. The maximum atomic E-state index is 13.5. The van der Waals surface area contributed by atoms with Crippen LogP contribution in [0.1, 0.15) is 31.7 Å². The second kappa shape index (κ2) is 6.80. The molecule has 1 aromatic rings. The van der Waals surface area contributed by atoms with Gasteiger partial charge in [-0.1, -0.05) is 28.1 Å². The van der Waals surface area contributed by atoms with Gasteiger partial charge in [0.1, 0.15) is 0 Å². The van der Waals surface area contributed by atoms with Crippen LogP contribution in [0.4, 0.5) is 8.78 Å². The van der Waals surface area contributed by atoms with Crippen LogP contribution < -0.4 is 0 Å². The summed E-state index contributed by atoms with van der Waals surface area (Å²) < 4.78 is 32.2. The number of alkyl halides is 1. The van der Waals surface area contributed by atoms with E-state index in [0.29, 0.717) is 24.0 Å². The highest BCUT2D eigenvalue weighted by Gasteiger charge is 2.31. The van der Waals surface area contributed by atoms with Gasteiger partial charge in [0.2, 0.25) is 0 Å². The van der Waals surface area contributed by atoms with Crippen LogP contribution >= 0.6 is 15.9 Å². The molecule has 0 radical (unpaired) electrons. The minimum absolute atomic E-state index is 0.191. The van der Waals surface area contributed by atoms with Crippen molar-refractivity contribution >= 4 is 15.9 Å². The van der Waals surface area contributed by atoms with E-state index in [1.807, 2.05) is 6.92 Å². The zero-order valence-electron chi connectivity index (χ0n) is 11.0. The van der Waals surface area contributed by atoms with Crippen molar-refractivity contribution in [2.45, 2.75) is 43.5 Å². The average Bonchev–Trinajstić information content (AvgIpc) is 2.32. The molecule has 1 aliphatic carbocycles. The Kier molecular flexibility index (Phi) is 5.34. The molecule has 1 fully saturated rings. The zero-order valence-corrected chi connectivity index (χ0v) is 12.6. The predicted octanol–water partition coefficient (Wildman–Crippen LogP) is 4.48. The van der Waals surface area contributed by atoms with E-state index < -0.39 is 11.6 Å². The first-order chi connectivity index (χ1) is 9.10. The first-order valence-corrected chi connectivity index (χ1v) is 7.70. The summed E-state index contributed by atoms with van der Waals surface area (Å²) in [5.41, 5.74) is 0.447. The third kappa shape index (κ3) is 3.99. The van der Waals surface area contributed by atoms with Gasteiger partial charge >= 0.3 is 0 Å². The van der Waals surface area contributed by atoms with Gasteiger partial charge < -0.3 is 4.74 Å². The highest BCUT2D eigenvalue weighted by atomic mass is 79.9. The Labute approximate surface area is 121 Å². The van der Waals surface area contributed by atoms with Gasteiger partial charge in [0.25, 0.3) is 0 Å². The molecule has 0 spiro atoms. The van der Waals surface area contributed by atoms with E-state index in [0.717, 1.165) is 31.9 Å². The van der Waals surface area contributed by atoms with Gasteiger partial charge in [-0.2, -0.15) is 0 Å². The van der Waals surface area contributed by atoms with Crippen LogP contribution in [0, 0.1) is 17.6 Å². The number of rotatable bonds is 6. The fourth-order valence-electron chi connectivity index (χ4n) is 2.63. The van der Waals surface area contributed by atoms with Gasteiger partial charge in [0.05, 0.1) is 6.10 Å². The van der Waals surface area contributed by atoms with Crippen molar-refractivity contribution in [2.75, 3.05) is 6.61 Å². The number of hydrogen-bond donors (Lipinski definition) is 0. The molecule has 1 atom stereocenters. The fraction of sp³-hybridized carbons (Fsp3) is 0.600. The molecule has 0 bridgehead atoms. The first kappa shape index (κ1) is 14.9. The lowest BCUT2D eigenvalue weighted by molar-refractivity contribution is -0.0264. The minimum Gasteiger partial charge on any atom is -0.378 e. The lowest BCUT2D eigenvalue weighted by Gasteiger charge is -2.36. The Morgan fingerprint density at radius 2 is 2.11 bits per heavy atom. The van der Waals surface area contributed by atoms with Crippen LogP contribution in [0.15, 0.2) is 18.2 Å². The molecule has 0 amide bonds.